The quantitative estimate of drug-likeness (QED) is 0.306. The number of amidine groups is 1. The molecule has 112 valence electrons. The fraction of sp³-hybridized carbons (Fsp3) is 0. The Bertz CT molecular complexity index is 727. The van der Waals surface area contributed by atoms with Crippen LogP contribution in [-0.2, 0) is 4.84 Å². The van der Waals surface area contributed by atoms with E-state index in [2.05, 4.69) is 9.99 Å². The third kappa shape index (κ3) is 3.63. The molecule has 0 radical (unpaired) electrons. The van der Waals surface area contributed by atoms with Crippen molar-refractivity contribution < 1.29 is 18.9 Å². The van der Waals surface area contributed by atoms with E-state index < -0.39 is 16.7 Å². The van der Waals surface area contributed by atoms with E-state index in [-0.39, 0.29) is 17.1 Å². The van der Waals surface area contributed by atoms with E-state index in [0.29, 0.717) is 5.56 Å². The molecular weight excluding hydrogens is 293 g/mol. The molecule has 0 aliphatic heterocycles. The second kappa shape index (κ2) is 6.44. The Balaban J connectivity index is 2.07. The van der Waals surface area contributed by atoms with Crippen molar-refractivity contribution in [2.45, 2.75) is 0 Å². The third-order valence-electron chi connectivity index (χ3n) is 2.68. The Morgan fingerprint density at radius 2 is 1.64 bits per heavy atom. The summed E-state index contributed by atoms with van der Waals surface area (Å²) >= 11 is 0. The molecular formula is C14H10FN3O4. The van der Waals surface area contributed by atoms with Crippen molar-refractivity contribution in [2.75, 3.05) is 0 Å². The second-order valence-electron chi connectivity index (χ2n) is 4.17. The Morgan fingerprint density at radius 1 is 1.09 bits per heavy atom. The number of halogens is 1. The fourth-order valence-corrected chi connectivity index (χ4v) is 1.54. The number of hydrogen-bond donors (Lipinski definition) is 1. The van der Waals surface area contributed by atoms with Crippen LogP contribution in [0.1, 0.15) is 15.9 Å². The van der Waals surface area contributed by atoms with Gasteiger partial charge in [-0.1, -0.05) is 5.16 Å². The average Bonchev–Trinajstić information content (AvgIpc) is 2.53. The maximum Gasteiger partial charge on any atom is 0.365 e. The summed E-state index contributed by atoms with van der Waals surface area (Å²) in [7, 11) is 0. The van der Waals surface area contributed by atoms with E-state index >= 15 is 0 Å². The van der Waals surface area contributed by atoms with Gasteiger partial charge in [0, 0.05) is 17.7 Å². The highest BCUT2D eigenvalue weighted by molar-refractivity contribution is 5.98. The van der Waals surface area contributed by atoms with Crippen molar-refractivity contribution in [3.05, 3.63) is 75.6 Å². The van der Waals surface area contributed by atoms with Gasteiger partial charge in [-0.15, -0.1) is 0 Å². The highest BCUT2D eigenvalue weighted by atomic mass is 19.1. The summed E-state index contributed by atoms with van der Waals surface area (Å²) < 4.78 is 12.7. The van der Waals surface area contributed by atoms with E-state index in [1.165, 1.54) is 36.4 Å². The molecule has 0 unspecified atom stereocenters. The summed E-state index contributed by atoms with van der Waals surface area (Å²) in [6, 6.07) is 9.97. The molecule has 0 atom stereocenters. The number of nitrogens with two attached hydrogens (primary N) is 1. The number of hydrogen-bond acceptors (Lipinski definition) is 5. The van der Waals surface area contributed by atoms with Crippen LogP contribution in [0.5, 0.6) is 0 Å². The SMILES string of the molecule is NC(=NOC(=O)c1ccc(F)cc1)c1ccc([N+](=O)[O-])cc1. The maximum atomic E-state index is 12.7. The van der Waals surface area contributed by atoms with Crippen LogP contribution < -0.4 is 5.73 Å². The van der Waals surface area contributed by atoms with Gasteiger partial charge in [-0.25, -0.2) is 9.18 Å². The first-order chi connectivity index (χ1) is 10.5. The molecule has 2 aromatic rings. The monoisotopic (exact) mass is 303 g/mol. The third-order valence-corrected chi connectivity index (χ3v) is 2.68. The molecule has 0 heterocycles. The minimum atomic E-state index is -0.801. The number of carbonyl (C=O) groups excluding carboxylic acids is 1. The lowest BCUT2D eigenvalue weighted by Gasteiger charge is -2.01. The highest BCUT2D eigenvalue weighted by Crippen LogP contribution is 2.12. The minimum Gasteiger partial charge on any atom is -0.380 e. The molecule has 0 bridgehead atoms. The summed E-state index contributed by atoms with van der Waals surface area (Å²) in [4.78, 5) is 26.2. The molecule has 7 nitrogen and oxygen atoms in total. The van der Waals surface area contributed by atoms with Crippen molar-refractivity contribution in [2.24, 2.45) is 10.9 Å². The summed E-state index contributed by atoms with van der Waals surface area (Å²) in [5, 5.41) is 14.0. The van der Waals surface area contributed by atoms with E-state index in [1.807, 2.05) is 0 Å². The molecule has 0 aliphatic rings. The number of nitrogens with zero attached hydrogens (tertiary/aromatic N) is 2. The molecule has 2 N–H and O–H groups in total. The van der Waals surface area contributed by atoms with Gasteiger partial charge in [-0.05, 0) is 36.4 Å². The molecule has 0 amide bonds. The normalized spacial score (nSPS) is 11.0. The van der Waals surface area contributed by atoms with E-state index in [4.69, 9.17) is 5.73 Å². The molecule has 0 saturated carbocycles. The van der Waals surface area contributed by atoms with Crippen molar-refractivity contribution >= 4 is 17.5 Å². The summed E-state index contributed by atoms with van der Waals surface area (Å²) in [6.07, 6.45) is 0. The van der Waals surface area contributed by atoms with Gasteiger partial charge in [-0.2, -0.15) is 0 Å². The smallest absolute Gasteiger partial charge is 0.365 e. The number of nitro benzene ring substituents is 1. The minimum absolute atomic E-state index is 0.0974. The molecule has 0 aliphatic carbocycles. The van der Waals surface area contributed by atoms with Gasteiger partial charge in [-0.3, -0.25) is 10.1 Å². The molecule has 0 spiro atoms. The van der Waals surface area contributed by atoms with Crippen molar-refractivity contribution in [1.82, 2.24) is 0 Å². The zero-order valence-corrected chi connectivity index (χ0v) is 11.1. The number of benzene rings is 2. The van der Waals surface area contributed by atoms with Crippen LogP contribution >= 0.6 is 0 Å². The Morgan fingerprint density at radius 3 is 2.18 bits per heavy atom. The number of oxime groups is 1. The van der Waals surface area contributed by atoms with Gasteiger partial charge in [0.2, 0.25) is 0 Å². The number of nitro groups is 1. The zero-order chi connectivity index (χ0) is 16.1. The van der Waals surface area contributed by atoms with Gasteiger partial charge in [0.25, 0.3) is 5.69 Å². The molecule has 0 aromatic heterocycles. The van der Waals surface area contributed by atoms with Crippen LogP contribution in [-0.4, -0.2) is 16.7 Å². The zero-order valence-electron chi connectivity index (χ0n) is 11.1. The number of carbonyl (C=O) groups is 1. The van der Waals surface area contributed by atoms with Gasteiger partial charge < -0.3 is 10.6 Å². The molecule has 2 rings (SSSR count). The first-order valence-electron chi connectivity index (χ1n) is 6.02. The van der Waals surface area contributed by atoms with Crippen molar-refractivity contribution in [3.8, 4) is 0 Å². The first-order valence-corrected chi connectivity index (χ1v) is 6.02. The summed E-state index contributed by atoms with van der Waals surface area (Å²) in [5.74, 6) is -1.40. The number of non-ortho nitro benzene ring substituents is 1. The Labute approximate surface area is 124 Å². The second-order valence-corrected chi connectivity index (χ2v) is 4.17. The van der Waals surface area contributed by atoms with Crippen LogP contribution in [0.25, 0.3) is 0 Å². The number of rotatable bonds is 4. The van der Waals surface area contributed by atoms with Crippen LogP contribution in [0.15, 0.2) is 53.7 Å². The lowest BCUT2D eigenvalue weighted by molar-refractivity contribution is -0.384. The van der Waals surface area contributed by atoms with E-state index in [1.54, 1.807) is 0 Å². The summed E-state index contributed by atoms with van der Waals surface area (Å²) in [5.41, 5.74) is 5.99. The van der Waals surface area contributed by atoms with Gasteiger partial charge in [0.1, 0.15) is 5.82 Å². The lowest BCUT2D eigenvalue weighted by atomic mass is 10.2. The largest absolute Gasteiger partial charge is 0.380 e. The van der Waals surface area contributed by atoms with Crippen LogP contribution in [0.4, 0.5) is 10.1 Å². The molecule has 2 aromatic carbocycles. The standard InChI is InChI=1S/C14H10FN3O4/c15-11-5-1-10(2-6-11)14(19)22-17-13(16)9-3-7-12(8-4-9)18(20)21/h1-8H,(H2,16,17). The fourth-order valence-electron chi connectivity index (χ4n) is 1.54. The van der Waals surface area contributed by atoms with Crippen LogP contribution in [0.2, 0.25) is 0 Å². The maximum absolute atomic E-state index is 12.7. The summed E-state index contributed by atoms with van der Waals surface area (Å²) in [6.45, 7) is 0. The average molecular weight is 303 g/mol. The topological polar surface area (TPSA) is 108 Å². The highest BCUT2D eigenvalue weighted by Gasteiger charge is 2.09. The predicted octanol–water partition coefficient (Wildman–Crippen LogP) is 2.21. The molecule has 0 saturated heterocycles. The predicted molar refractivity (Wildman–Crippen MR) is 75.6 cm³/mol. The first kappa shape index (κ1) is 15.1. The van der Waals surface area contributed by atoms with Crippen molar-refractivity contribution in [1.29, 1.82) is 0 Å². The molecule has 0 fully saturated rings. The van der Waals surface area contributed by atoms with Gasteiger partial charge >= 0.3 is 5.97 Å². The van der Waals surface area contributed by atoms with Gasteiger partial charge in [0.15, 0.2) is 5.84 Å². The Hall–Kier alpha value is -3.29. The molecule has 8 heteroatoms. The van der Waals surface area contributed by atoms with Crippen molar-refractivity contribution in [3.63, 3.8) is 0 Å². The van der Waals surface area contributed by atoms with E-state index in [0.717, 1.165) is 12.1 Å². The Kier molecular flexibility index (Phi) is 4.42. The molecule has 22 heavy (non-hydrogen) atoms. The van der Waals surface area contributed by atoms with Crippen LogP contribution in [0, 0.1) is 15.9 Å². The van der Waals surface area contributed by atoms with Gasteiger partial charge in [0.05, 0.1) is 10.5 Å². The van der Waals surface area contributed by atoms with E-state index in [9.17, 15) is 19.3 Å². The van der Waals surface area contributed by atoms with Crippen LogP contribution in [0.3, 0.4) is 0 Å². The lowest BCUT2D eigenvalue weighted by Crippen LogP contribution is -2.15.